The Kier molecular flexibility index (Phi) is 7.03. The molecule has 0 spiro atoms. The van der Waals surface area contributed by atoms with Gasteiger partial charge in [0.15, 0.2) is 0 Å². The van der Waals surface area contributed by atoms with Gasteiger partial charge < -0.3 is 15.4 Å². The van der Waals surface area contributed by atoms with Crippen molar-refractivity contribution >= 4 is 33.4 Å². The first-order chi connectivity index (χ1) is 15.8. The highest BCUT2D eigenvalue weighted by Gasteiger charge is 2.35. The lowest BCUT2D eigenvalue weighted by Crippen LogP contribution is -2.44. The molecule has 2 aromatic carbocycles. The van der Waals surface area contributed by atoms with Crippen LogP contribution >= 0.6 is 11.3 Å². The van der Waals surface area contributed by atoms with Crippen LogP contribution in [-0.4, -0.2) is 35.6 Å². The van der Waals surface area contributed by atoms with Gasteiger partial charge in [-0.1, -0.05) is 48.5 Å². The van der Waals surface area contributed by atoms with E-state index in [4.69, 9.17) is 10.5 Å². The third-order valence-electron chi connectivity index (χ3n) is 6.57. The van der Waals surface area contributed by atoms with Crippen molar-refractivity contribution in [2.75, 3.05) is 13.1 Å². The van der Waals surface area contributed by atoms with Gasteiger partial charge in [0.25, 0.3) is 0 Å². The molecular formula is C27H32N2O3S. The van der Waals surface area contributed by atoms with Crippen molar-refractivity contribution in [3.63, 3.8) is 0 Å². The second-order valence-corrected chi connectivity index (χ2v) is 10.5. The maximum atomic E-state index is 13.7. The van der Waals surface area contributed by atoms with Crippen LogP contribution in [0.4, 0.5) is 4.79 Å². The highest BCUT2D eigenvalue weighted by molar-refractivity contribution is 7.17. The first-order valence-corrected chi connectivity index (χ1v) is 12.5. The molecule has 0 aliphatic carbocycles. The van der Waals surface area contributed by atoms with Crippen molar-refractivity contribution < 1.29 is 14.3 Å². The van der Waals surface area contributed by atoms with E-state index in [-0.39, 0.29) is 11.8 Å². The highest BCUT2D eigenvalue weighted by atomic mass is 32.1. The van der Waals surface area contributed by atoms with E-state index in [1.165, 1.54) is 21.2 Å². The molecule has 1 aromatic heterocycles. The first-order valence-electron chi connectivity index (χ1n) is 11.6. The van der Waals surface area contributed by atoms with Crippen molar-refractivity contribution in [3.05, 3.63) is 71.1 Å². The molecule has 33 heavy (non-hydrogen) atoms. The number of ether oxygens (including phenoxy) is 1. The quantitative estimate of drug-likeness (QED) is 0.485. The fraction of sp³-hybridized carbons (Fsp3) is 0.407. The van der Waals surface area contributed by atoms with Gasteiger partial charge in [-0.15, -0.1) is 11.3 Å². The number of thiophene rings is 1. The standard InChI is InChI=1S/C27H32N2O3S/c1-27(2,32-26(28)31)17-21(16-22-18-33-24-11-7-6-10-23(22)24)25(30)29-14-12-20(13-15-29)19-8-4-3-5-9-19/h3-11,18,20-21H,12-17H2,1-2H3,(H2,28,31)/t21-/m1/s1. The highest BCUT2D eigenvalue weighted by Crippen LogP contribution is 2.33. The predicted molar refractivity (Wildman–Crippen MR) is 133 cm³/mol. The molecule has 0 bridgehead atoms. The summed E-state index contributed by atoms with van der Waals surface area (Å²) in [6.45, 7) is 5.14. The largest absolute Gasteiger partial charge is 0.444 e. The van der Waals surface area contributed by atoms with Crippen LogP contribution in [0.5, 0.6) is 0 Å². The smallest absolute Gasteiger partial charge is 0.405 e. The van der Waals surface area contributed by atoms with Gasteiger partial charge in [0, 0.05) is 23.7 Å². The SMILES string of the molecule is CC(C)(C[C@@H](Cc1csc2ccccc12)C(=O)N1CCC(c2ccccc2)CC1)OC(N)=O. The van der Waals surface area contributed by atoms with Gasteiger partial charge in [-0.3, -0.25) is 4.79 Å². The third-order valence-corrected chi connectivity index (χ3v) is 7.58. The normalized spacial score (nSPS) is 16.0. The van der Waals surface area contributed by atoms with Gasteiger partial charge in [-0.2, -0.15) is 0 Å². The molecule has 2 N–H and O–H groups in total. The number of likely N-dealkylation sites (tertiary alicyclic amines) is 1. The van der Waals surface area contributed by atoms with Crippen LogP contribution in [0.3, 0.4) is 0 Å². The van der Waals surface area contributed by atoms with Crippen molar-refractivity contribution in [2.45, 2.75) is 51.0 Å². The average Bonchev–Trinajstić information content (AvgIpc) is 3.21. The zero-order chi connectivity index (χ0) is 23.4. The third kappa shape index (κ3) is 5.74. The minimum atomic E-state index is -0.819. The van der Waals surface area contributed by atoms with Crippen molar-refractivity contribution in [2.24, 2.45) is 11.7 Å². The van der Waals surface area contributed by atoms with Crippen LogP contribution in [-0.2, 0) is 16.0 Å². The number of carbonyl (C=O) groups is 2. The summed E-state index contributed by atoms with van der Waals surface area (Å²) in [5, 5.41) is 3.34. The Balaban J connectivity index is 1.51. The summed E-state index contributed by atoms with van der Waals surface area (Å²) in [6.07, 6.45) is 2.16. The van der Waals surface area contributed by atoms with Gasteiger partial charge in [0.1, 0.15) is 5.60 Å². The number of piperidine rings is 1. The number of carbonyl (C=O) groups excluding carboxylic acids is 2. The fourth-order valence-corrected chi connectivity index (χ4v) is 6.00. The summed E-state index contributed by atoms with van der Waals surface area (Å²) >= 11 is 1.70. The average molecular weight is 465 g/mol. The van der Waals surface area contributed by atoms with E-state index < -0.39 is 11.7 Å². The summed E-state index contributed by atoms with van der Waals surface area (Å²) in [6, 6.07) is 18.8. The summed E-state index contributed by atoms with van der Waals surface area (Å²) in [5.41, 5.74) is 7.00. The van der Waals surface area contributed by atoms with Gasteiger partial charge in [0.05, 0.1) is 0 Å². The Morgan fingerprint density at radius 1 is 1.09 bits per heavy atom. The molecule has 2 amide bonds. The van der Waals surface area contributed by atoms with Crippen LogP contribution < -0.4 is 5.73 Å². The topological polar surface area (TPSA) is 72.6 Å². The number of benzene rings is 2. The summed E-state index contributed by atoms with van der Waals surface area (Å²) in [5.74, 6) is 0.340. The Bertz CT molecular complexity index is 1100. The van der Waals surface area contributed by atoms with E-state index in [9.17, 15) is 9.59 Å². The number of nitrogens with zero attached hydrogens (tertiary/aromatic N) is 1. The lowest BCUT2D eigenvalue weighted by atomic mass is 9.85. The Morgan fingerprint density at radius 3 is 2.45 bits per heavy atom. The monoisotopic (exact) mass is 464 g/mol. The lowest BCUT2D eigenvalue weighted by Gasteiger charge is -2.36. The van der Waals surface area contributed by atoms with Crippen LogP contribution in [0.2, 0.25) is 0 Å². The Labute approximate surface area is 199 Å². The molecule has 0 radical (unpaired) electrons. The van der Waals surface area contributed by atoms with Crippen LogP contribution in [0.1, 0.15) is 50.2 Å². The molecule has 5 nitrogen and oxygen atoms in total. The molecule has 3 aromatic rings. The number of amides is 2. The maximum absolute atomic E-state index is 13.7. The molecule has 1 aliphatic heterocycles. The van der Waals surface area contributed by atoms with Crippen LogP contribution in [0, 0.1) is 5.92 Å². The number of fused-ring (bicyclic) bond motifs is 1. The molecular weight excluding hydrogens is 432 g/mol. The number of hydrogen-bond donors (Lipinski definition) is 1. The molecule has 1 atom stereocenters. The lowest BCUT2D eigenvalue weighted by molar-refractivity contribution is -0.138. The van der Waals surface area contributed by atoms with Crippen LogP contribution in [0.25, 0.3) is 10.1 Å². The fourth-order valence-electron chi connectivity index (χ4n) is 5.03. The molecule has 1 fully saturated rings. The number of primary amides is 1. The first kappa shape index (κ1) is 23.3. The van der Waals surface area contributed by atoms with Gasteiger partial charge in [-0.05, 0) is 73.4 Å². The zero-order valence-electron chi connectivity index (χ0n) is 19.3. The summed E-state index contributed by atoms with van der Waals surface area (Å²) < 4.78 is 6.58. The maximum Gasteiger partial charge on any atom is 0.405 e. The van der Waals surface area contributed by atoms with E-state index in [2.05, 4.69) is 41.8 Å². The molecule has 174 valence electrons. The van der Waals surface area contributed by atoms with Crippen molar-refractivity contribution in [3.8, 4) is 0 Å². The molecule has 1 saturated heterocycles. The number of nitrogens with two attached hydrogens (primary N) is 1. The van der Waals surface area contributed by atoms with E-state index in [1.807, 2.05) is 36.9 Å². The van der Waals surface area contributed by atoms with Crippen LogP contribution in [0.15, 0.2) is 60.0 Å². The number of hydrogen-bond acceptors (Lipinski definition) is 4. The Morgan fingerprint density at radius 2 is 1.76 bits per heavy atom. The Hall–Kier alpha value is -2.86. The zero-order valence-corrected chi connectivity index (χ0v) is 20.1. The molecule has 0 unspecified atom stereocenters. The molecule has 1 aliphatic rings. The van der Waals surface area contributed by atoms with Gasteiger partial charge in [0.2, 0.25) is 5.91 Å². The molecule has 4 rings (SSSR count). The van der Waals surface area contributed by atoms with E-state index in [1.54, 1.807) is 11.3 Å². The molecule has 2 heterocycles. The summed E-state index contributed by atoms with van der Waals surface area (Å²) in [7, 11) is 0. The predicted octanol–water partition coefficient (Wildman–Crippen LogP) is 5.73. The van der Waals surface area contributed by atoms with Crippen molar-refractivity contribution in [1.29, 1.82) is 0 Å². The van der Waals surface area contributed by atoms with E-state index >= 15 is 0 Å². The van der Waals surface area contributed by atoms with Gasteiger partial charge >= 0.3 is 6.09 Å². The van der Waals surface area contributed by atoms with E-state index in [0.29, 0.717) is 18.8 Å². The number of rotatable bonds is 7. The van der Waals surface area contributed by atoms with Crippen molar-refractivity contribution in [1.82, 2.24) is 4.90 Å². The second-order valence-electron chi connectivity index (χ2n) is 9.55. The second kappa shape index (κ2) is 9.96. The van der Waals surface area contributed by atoms with E-state index in [0.717, 1.165) is 25.9 Å². The van der Waals surface area contributed by atoms with Gasteiger partial charge in [-0.25, -0.2) is 4.79 Å². The minimum Gasteiger partial charge on any atom is -0.444 e. The summed E-state index contributed by atoms with van der Waals surface area (Å²) in [4.78, 5) is 27.2. The molecule has 6 heteroatoms. The molecule has 0 saturated carbocycles. The minimum absolute atomic E-state index is 0.137.